The van der Waals surface area contributed by atoms with Crippen LogP contribution in [0, 0.1) is 6.92 Å². The van der Waals surface area contributed by atoms with Gasteiger partial charge in [-0.2, -0.15) is 8.42 Å². The number of benzene rings is 1. The minimum Gasteiger partial charge on any atom is -0.266 e. The molecule has 0 saturated carbocycles. The van der Waals surface area contributed by atoms with Crippen molar-refractivity contribution in [3.8, 4) is 0 Å². The van der Waals surface area contributed by atoms with Crippen molar-refractivity contribution in [2.24, 2.45) is 0 Å². The maximum atomic E-state index is 12.0. The van der Waals surface area contributed by atoms with Crippen LogP contribution in [-0.2, 0) is 14.3 Å². The smallest absolute Gasteiger partial charge is 0.266 e. The molecule has 148 valence electrons. The summed E-state index contributed by atoms with van der Waals surface area (Å²) in [5, 5.41) is 0. The lowest BCUT2D eigenvalue weighted by Gasteiger charge is -2.16. The van der Waals surface area contributed by atoms with Crippen LogP contribution in [0.3, 0.4) is 0 Å². The largest absolute Gasteiger partial charge is 0.296 e. The molecular formula is C21H36O3SSi. The zero-order valence-corrected chi connectivity index (χ0v) is 18.6. The highest BCUT2D eigenvalue weighted by Crippen LogP contribution is 2.17. The van der Waals surface area contributed by atoms with Crippen LogP contribution in [0.1, 0.15) is 56.9 Å². The summed E-state index contributed by atoms with van der Waals surface area (Å²) in [4.78, 5) is 0.241. The molecule has 1 rings (SSSR count). The van der Waals surface area contributed by atoms with Gasteiger partial charge in [-0.15, -0.1) is 12.3 Å². The zero-order valence-electron chi connectivity index (χ0n) is 16.8. The number of hydrogen-bond acceptors (Lipinski definition) is 3. The van der Waals surface area contributed by atoms with Crippen molar-refractivity contribution in [3.05, 3.63) is 42.1 Å². The number of aryl methyl sites for hydroxylation is 1. The molecule has 1 aromatic rings. The molecule has 0 heterocycles. The molecule has 1 aromatic carbocycles. The molecule has 0 radical (unpaired) electrons. The van der Waals surface area contributed by atoms with Crippen LogP contribution in [0.25, 0.3) is 0 Å². The van der Waals surface area contributed by atoms with Crippen LogP contribution >= 0.6 is 0 Å². The summed E-state index contributed by atoms with van der Waals surface area (Å²) in [6, 6.07) is 8.13. The van der Waals surface area contributed by atoms with Crippen LogP contribution in [0.15, 0.2) is 41.4 Å². The van der Waals surface area contributed by atoms with Crippen molar-refractivity contribution in [1.29, 1.82) is 0 Å². The first-order valence-electron chi connectivity index (χ1n) is 9.86. The van der Waals surface area contributed by atoms with E-state index in [9.17, 15) is 8.42 Å². The van der Waals surface area contributed by atoms with Crippen molar-refractivity contribution in [3.63, 3.8) is 0 Å². The van der Waals surface area contributed by atoms with Crippen LogP contribution in [-0.4, -0.2) is 23.1 Å². The van der Waals surface area contributed by atoms with E-state index in [1.165, 1.54) is 38.1 Å². The normalized spacial score (nSPS) is 12.3. The quantitative estimate of drug-likeness (QED) is 0.212. The summed E-state index contributed by atoms with van der Waals surface area (Å²) in [5.41, 5.74) is 3.23. The average Bonchev–Trinajstić information content (AvgIpc) is 2.60. The standard InChI is InChI=1S/C21H36O3SSi/c1-5-26(3,4)19-13-11-9-7-6-8-10-12-18-24-25(22,23)21-16-14-20(2)15-17-21/h5,14-17H,1,6-13,18-19H2,2-4H3. The predicted octanol–water partition coefficient (Wildman–Crippen LogP) is 6.25. The fourth-order valence-electron chi connectivity index (χ4n) is 2.79. The first-order valence-corrected chi connectivity index (χ1v) is 14.6. The van der Waals surface area contributed by atoms with Crippen molar-refractivity contribution >= 4 is 18.2 Å². The molecule has 26 heavy (non-hydrogen) atoms. The molecule has 0 atom stereocenters. The second-order valence-corrected chi connectivity index (χ2v) is 14.4. The summed E-state index contributed by atoms with van der Waals surface area (Å²) in [6.07, 6.45) is 9.44. The third kappa shape index (κ3) is 9.69. The molecule has 0 unspecified atom stereocenters. The van der Waals surface area contributed by atoms with E-state index in [-0.39, 0.29) is 11.5 Å². The molecular weight excluding hydrogens is 360 g/mol. The Balaban J connectivity index is 2.02. The summed E-state index contributed by atoms with van der Waals surface area (Å²) >= 11 is 0. The lowest BCUT2D eigenvalue weighted by Crippen LogP contribution is -2.21. The summed E-state index contributed by atoms with van der Waals surface area (Å²) < 4.78 is 29.2. The molecule has 0 aliphatic carbocycles. The molecule has 0 spiro atoms. The van der Waals surface area contributed by atoms with Gasteiger partial charge in [0.05, 0.1) is 19.6 Å². The van der Waals surface area contributed by atoms with Crippen LogP contribution in [0.4, 0.5) is 0 Å². The van der Waals surface area contributed by atoms with Gasteiger partial charge in [0.25, 0.3) is 10.1 Å². The fraction of sp³-hybridized carbons (Fsp3) is 0.619. The predicted molar refractivity (Wildman–Crippen MR) is 114 cm³/mol. The fourth-order valence-corrected chi connectivity index (χ4v) is 5.10. The van der Waals surface area contributed by atoms with Crippen molar-refractivity contribution in [1.82, 2.24) is 0 Å². The Kier molecular flexibility index (Phi) is 10.4. The number of unbranched alkanes of at least 4 members (excludes halogenated alkanes) is 7. The second kappa shape index (κ2) is 11.7. The Hall–Kier alpha value is -0.913. The van der Waals surface area contributed by atoms with Gasteiger partial charge < -0.3 is 0 Å². The molecule has 0 bridgehead atoms. The Bertz CT molecular complexity index is 621. The highest BCUT2D eigenvalue weighted by atomic mass is 32.2. The maximum absolute atomic E-state index is 12.0. The summed E-state index contributed by atoms with van der Waals surface area (Å²) in [6.45, 7) is 10.9. The Morgan fingerprint density at radius 2 is 1.42 bits per heavy atom. The number of hydrogen-bond donors (Lipinski definition) is 0. The van der Waals surface area contributed by atoms with Crippen molar-refractivity contribution in [2.45, 2.75) is 82.3 Å². The highest BCUT2D eigenvalue weighted by Gasteiger charge is 2.15. The zero-order chi connectivity index (χ0) is 19.5. The van der Waals surface area contributed by atoms with E-state index < -0.39 is 18.2 Å². The van der Waals surface area contributed by atoms with Crippen LogP contribution < -0.4 is 0 Å². The molecule has 5 heteroatoms. The molecule has 0 aliphatic rings. The van der Waals surface area contributed by atoms with Crippen molar-refractivity contribution in [2.75, 3.05) is 6.61 Å². The molecule has 3 nitrogen and oxygen atoms in total. The van der Waals surface area contributed by atoms with Gasteiger partial charge in [-0.05, 0) is 25.5 Å². The molecule has 0 aromatic heterocycles. The van der Waals surface area contributed by atoms with Gasteiger partial charge in [-0.25, -0.2) is 0 Å². The van der Waals surface area contributed by atoms with Crippen molar-refractivity contribution < 1.29 is 12.6 Å². The lowest BCUT2D eigenvalue weighted by molar-refractivity contribution is 0.306. The van der Waals surface area contributed by atoms with Gasteiger partial charge in [0, 0.05) is 0 Å². The van der Waals surface area contributed by atoms with Crippen LogP contribution in [0.2, 0.25) is 19.1 Å². The number of rotatable bonds is 14. The SMILES string of the molecule is C=C[Si](C)(C)CCCCCCCCCCOS(=O)(=O)c1ccc(C)cc1. The summed E-state index contributed by atoms with van der Waals surface area (Å²) in [5.74, 6) is 0. The van der Waals surface area contributed by atoms with E-state index in [4.69, 9.17) is 4.18 Å². The van der Waals surface area contributed by atoms with Gasteiger partial charge >= 0.3 is 0 Å². The average molecular weight is 397 g/mol. The first-order chi connectivity index (χ1) is 12.3. The van der Waals surface area contributed by atoms with Gasteiger partial charge in [0.1, 0.15) is 0 Å². The van der Waals surface area contributed by atoms with Gasteiger partial charge in [0.15, 0.2) is 0 Å². The molecule has 0 amide bonds. The lowest BCUT2D eigenvalue weighted by atomic mass is 10.1. The van der Waals surface area contributed by atoms with Gasteiger partial charge in [0.2, 0.25) is 0 Å². The van der Waals surface area contributed by atoms with E-state index in [0.717, 1.165) is 24.8 Å². The minimum absolute atomic E-state index is 0.241. The van der Waals surface area contributed by atoms with E-state index in [0.29, 0.717) is 0 Å². The molecule has 0 saturated heterocycles. The van der Waals surface area contributed by atoms with E-state index in [2.05, 4.69) is 25.4 Å². The van der Waals surface area contributed by atoms with E-state index in [1.807, 2.05) is 6.92 Å². The maximum Gasteiger partial charge on any atom is 0.296 e. The Morgan fingerprint density at radius 1 is 0.923 bits per heavy atom. The Labute approximate surface area is 162 Å². The third-order valence-electron chi connectivity index (χ3n) is 4.82. The third-order valence-corrected chi connectivity index (χ3v) is 8.89. The van der Waals surface area contributed by atoms with E-state index >= 15 is 0 Å². The summed E-state index contributed by atoms with van der Waals surface area (Å²) in [7, 11) is -4.71. The molecule has 0 aliphatic heterocycles. The first kappa shape index (κ1) is 23.1. The van der Waals surface area contributed by atoms with Gasteiger partial charge in [-0.3, -0.25) is 4.18 Å². The minimum atomic E-state index is -3.60. The monoisotopic (exact) mass is 396 g/mol. The molecule has 0 fully saturated rings. The molecule has 0 N–H and O–H groups in total. The van der Waals surface area contributed by atoms with E-state index in [1.54, 1.807) is 24.3 Å². The van der Waals surface area contributed by atoms with Crippen LogP contribution in [0.5, 0.6) is 0 Å². The second-order valence-electron chi connectivity index (χ2n) is 7.86. The topological polar surface area (TPSA) is 43.4 Å². The van der Waals surface area contributed by atoms with Gasteiger partial charge in [-0.1, -0.05) is 81.8 Å². The highest BCUT2D eigenvalue weighted by molar-refractivity contribution is 7.86. The Morgan fingerprint density at radius 3 is 1.96 bits per heavy atom.